The number of rotatable bonds is 0. The number of quaternary nitrogens is 2. The van der Waals surface area contributed by atoms with Crippen molar-refractivity contribution in [1.29, 1.82) is 0 Å². The topological polar surface area (TPSA) is 73.0 Å². The summed E-state index contributed by atoms with van der Waals surface area (Å²) in [7, 11) is 0. The Bertz CT molecular complexity index is 7.61. The van der Waals surface area contributed by atoms with E-state index < -0.39 is 0 Å². The molecule has 5 heavy (non-hydrogen) atoms. The maximum atomic E-state index is 0. The van der Waals surface area contributed by atoms with Crippen LogP contribution in [0.15, 0.2) is 0 Å². The predicted molar refractivity (Wildman–Crippen MR) is 26.7 cm³/mol. The Morgan fingerprint density at radius 1 is 0.600 bits per heavy atom. The third-order valence-corrected chi connectivity index (χ3v) is 0. The van der Waals surface area contributed by atoms with Crippen LogP contribution in [0.25, 0.3) is 0 Å². The van der Waals surface area contributed by atoms with Gasteiger partial charge in [-0.1, -0.05) is 0 Å². The smallest absolute Gasteiger partial charge is 2.00 e. The van der Waals surface area contributed by atoms with Crippen molar-refractivity contribution in [3.8, 4) is 0 Å². The molecule has 0 aromatic carbocycles. The van der Waals surface area contributed by atoms with Gasteiger partial charge in [0.05, 0.1) is 0 Å². The molecule has 0 amide bonds. The van der Waals surface area contributed by atoms with Crippen LogP contribution < -0.4 is 12.3 Å². The van der Waals surface area contributed by atoms with Gasteiger partial charge in [-0.05, 0) is 0 Å². The van der Waals surface area contributed by atoms with E-state index in [0.29, 0.717) is 0 Å². The van der Waals surface area contributed by atoms with Crippen LogP contribution in [0.2, 0.25) is 0 Å². The molecule has 0 atom stereocenters. The van der Waals surface area contributed by atoms with Crippen molar-refractivity contribution in [3.05, 3.63) is 0 Å². The van der Waals surface area contributed by atoms with Crippen LogP contribution in [-0.2, 0) is 44.1 Å². The summed E-state index contributed by atoms with van der Waals surface area (Å²) >= 11 is 0. The van der Waals surface area contributed by atoms with Gasteiger partial charge in [0.25, 0.3) is 0 Å². The molecule has 0 saturated heterocycles. The summed E-state index contributed by atoms with van der Waals surface area (Å²) in [5.74, 6) is 0. The molecule has 0 radical (unpaired) electrons. The molecule has 0 aliphatic heterocycles. The first kappa shape index (κ1) is 125. The van der Waals surface area contributed by atoms with Gasteiger partial charge in [-0.2, -0.15) is 0 Å². The molecule has 2 nitrogen and oxygen atoms in total. The van der Waals surface area contributed by atoms with E-state index in [1.165, 1.54) is 0 Å². The van der Waals surface area contributed by atoms with Crippen molar-refractivity contribution in [1.82, 2.24) is 12.3 Å². The average molecular weight is 156 g/mol. The van der Waals surface area contributed by atoms with Crippen LogP contribution in [0, 0.1) is 0 Å². The van der Waals surface area contributed by atoms with E-state index in [1.807, 2.05) is 0 Å². The SMILES string of the molecule is [Fe+2].[NH4+].[NH4+].[S-2].[S-2]. The van der Waals surface area contributed by atoms with Crippen LogP contribution >= 0.6 is 0 Å². The van der Waals surface area contributed by atoms with E-state index in [4.69, 9.17) is 0 Å². The Balaban J connectivity index is 0. The molecule has 38 valence electrons. The standard InChI is InChI=1S/Fe.2H3N.2S/h;2*1H3;;/q+2;;;2*-2/p+2. The molecule has 0 heterocycles. The Labute approximate surface area is 56.6 Å². The Morgan fingerprint density at radius 2 is 0.600 bits per heavy atom. The second-order valence-corrected chi connectivity index (χ2v) is 0. The van der Waals surface area contributed by atoms with E-state index in [2.05, 4.69) is 0 Å². The molecule has 0 aromatic rings. The molecular formula is H8FeN2S2. The van der Waals surface area contributed by atoms with Crippen LogP contribution in [0.4, 0.5) is 0 Å². The maximum Gasteiger partial charge on any atom is 2.00 e. The largest absolute Gasteiger partial charge is 2.00 e. The first-order chi connectivity index (χ1) is 0. The van der Waals surface area contributed by atoms with Gasteiger partial charge in [0.1, 0.15) is 0 Å². The van der Waals surface area contributed by atoms with Crippen LogP contribution in [-0.4, -0.2) is 0 Å². The van der Waals surface area contributed by atoms with E-state index in [0.717, 1.165) is 0 Å². The minimum absolute atomic E-state index is 0. The third-order valence-electron chi connectivity index (χ3n) is 0. The second-order valence-electron chi connectivity index (χ2n) is 0. The molecule has 8 N–H and O–H groups in total. The van der Waals surface area contributed by atoms with Gasteiger partial charge in [0.2, 0.25) is 0 Å². The summed E-state index contributed by atoms with van der Waals surface area (Å²) < 4.78 is 0. The molecule has 0 aliphatic carbocycles. The minimum Gasteiger partial charge on any atom is -2.00 e. The quantitative estimate of drug-likeness (QED) is 0.485. The predicted octanol–water partition coefficient (Wildman–Crippen LogP) is 0.745. The Hall–Kier alpha value is 1.14. The zero-order chi connectivity index (χ0) is 0. The molecule has 0 spiro atoms. The van der Waals surface area contributed by atoms with Crippen molar-refractivity contribution in [3.63, 3.8) is 0 Å². The van der Waals surface area contributed by atoms with Gasteiger partial charge in [-0.25, -0.2) is 0 Å². The fourth-order valence-corrected chi connectivity index (χ4v) is 0. The third kappa shape index (κ3) is 39.0. The summed E-state index contributed by atoms with van der Waals surface area (Å²) in [4.78, 5) is 0. The molecule has 0 unspecified atom stereocenters. The van der Waals surface area contributed by atoms with Crippen LogP contribution in [0.3, 0.4) is 0 Å². The number of hydrogen-bond acceptors (Lipinski definition) is 0. The molecule has 0 saturated carbocycles. The summed E-state index contributed by atoms with van der Waals surface area (Å²) in [6.07, 6.45) is 0. The zero-order valence-corrected chi connectivity index (χ0v) is 5.91. The van der Waals surface area contributed by atoms with Gasteiger partial charge in [-0.15, -0.1) is 0 Å². The summed E-state index contributed by atoms with van der Waals surface area (Å²) in [5.41, 5.74) is 0. The van der Waals surface area contributed by atoms with Crippen molar-refractivity contribution in [2.24, 2.45) is 0 Å². The van der Waals surface area contributed by atoms with Crippen LogP contribution in [0.5, 0.6) is 0 Å². The first-order valence-corrected chi connectivity index (χ1v) is 0. The summed E-state index contributed by atoms with van der Waals surface area (Å²) in [6, 6.07) is 0. The monoisotopic (exact) mass is 156 g/mol. The van der Waals surface area contributed by atoms with Crippen LogP contribution in [0.1, 0.15) is 0 Å². The minimum atomic E-state index is 0. The first-order valence-electron chi connectivity index (χ1n) is 0. The summed E-state index contributed by atoms with van der Waals surface area (Å²) in [6.45, 7) is 0. The number of hydrogen-bond donors (Lipinski definition) is 2. The van der Waals surface area contributed by atoms with Crippen molar-refractivity contribution < 1.29 is 17.1 Å². The fraction of sp³-hybridized carbons (Fsp3) is 0. The fourth-order valence-electron chi connectivity index (χ4n) is 0. The summed E-state index contributed by atoms with van der Waals surface area (Å²) in [5, 5.41) is 0. The molecule has 0 fully saturated rings. The van der Waals surface area contributed by atoms with Crippen molar-refractivity contribution >= 4 is 27.0 Å². The molecule has 0 aliphatic rings. The Morgan fingerprint density at radius 3 is 0.600 bits per heavy atom. The molecule has 5 heteroatoms. The average Bonchev–Trinajstić information content (AvgIpc) is 0. The molecule has 0 aromatic heterocycles. The van der Waals surface area contributed by atoms with Gasteiger partial charge in [0, 0.05) is 0 Å². The maximum absolute atomic E-state index is 0. The van der Waals surface area contributed by atoms with Gasteiger partial charge >= 0.3 is 17.1 Å². The van der Waals surface area contributed by atoms with E-state index in [9.17, 15) is 0 Å². The van der Waals surface area contributed by atoms with E-state index in [1.54, 1.807) is 0 Å². The normalized spacial score (nSPS) is 0. The van der Waals surface area contributed by atoms with Crippen molar-refractivity contribution in [2.75, 3.05) is 0 Å². The molecule has 0 rings (SSSR count). The molecular weight excluding hydrogens is 148 g/mol. The van der Waals surface area contributed by atoms with Gasteiger partial charge < -0.3 is 39.3 Å². The zero-order valence-electron chi connectivity index (χ0n) is 3.17. The second kappa shape index (κ2) is 67.8. The van der Waals surface area contributed by atoms with Crippen molar-refractivity contribution in [2.45, 2.75) is 0 Å². The molecule has 0 bridgehead atoms. The van der Waals surface area contributed by atoms with E-state index in [-0.39, 0.29) is 56.4 Å². The van der Waals surface area contributed by atoms with E-state index >= 15 is 0 Å². The Kier molecular flexibility index (Phi) is 1690. The van der Waals surface area contributed by atoms with Gasteiger partial charge in [-0.3, -0.25) is 0 Å². The van der Waals surface area contributed by atoms with Gasteiger partial charge in [0.15, 0.2) is 0 Å².